The van der Waals surface area contributed by atoms with Gasteiger partial charge in [0.15, 0.2) is 0 Å². The molecule has 0 atom stereocenters. The van der Waals surface area contributed by atoms with Crippen molar-refractivity contribution in [3.8, 4) is 0 Å². The molecule has 0 bridgehead atoms. The molecule has 2 heterocycles. The Morgan fingerprint density at radius 1 is 1.06 bits per heavy atom. The van der Waals surface area contributed by atoms with Gasteiger partial charge in [0.25, 0.3) is 0 Å². The summed E-state index contributed by atoms with van der Waals surface area (Å²) in [6, 6.07) is 12.4. The van der Waals surface area contributed by atoms with Crippen LogP contribution in [0.2, 0.25) is 0 Å². The topological polar surface area (TPSA) is 28.5 Å². The van der Waals surface area contributed by atoms with E-state index < -0.39 is 0 Å². The molecule has 1 aromatic heterocycles. The van der Waals surface area contributed by atoms with Gasteiger partial charge in [0.2, 0.25) is 0 Å². The first-order valence-electron chi connectivity index (χ1n) is 5.67. The lowest BCUT2D eigenvalue weighted by atomic mass is 10.1. The third-order valence-electron chi connectivity index (χ3n) is 2.88. The maximum atomic E-state index is 4.45. The predicted molar refractivity (Wildman–Crippen MR) is 67.5 cm³/mol. The SMILES string of the molecule is C1=NN(Cc2ccncc2)Cc2ccccc21. The summed E-state index contributed by atoms with van der Waals surface area (Å²) in [4.78, 5) is 4.02. The highest BCUT2D eigenvalue weighted by atomic mass is 15.4. The van der Waals surface area contributed by atoms with Gasteiger partial charge in [-0.1, -0.05) is 24.3 Å². The van der Waals surface area contributed by atoms with E-state index in [1.807, 2.05) is 36.8 Å². The van der Waals surface area contributed by atoms with Crippen molar-refractivity contribution >= 4 is 6.21 Å². The second-order valence-corrected chi connectivity index (χ2v) is 4.12. The molecular formula is C14H13N3. The minimum Gasteiger partial charge on any atom is -0.288 e. The number of fused-ring (bicyclic) bond motifs is 1. The zero-order valence-electron chi connectivity index (χ0n) is 9.45. The average molecular weight is 223 g/mol. The standard InChI is InChI=1S/C14H13N3/c1-2-4-14-11-17(16-9-13(14)3-1)10-12-5-7-15-8-6-12/h1-9H,10-11H2. The van der Waals surface area contributed by atoms with Gasteiger partial charge in [0, 0.05) is 12.4 Å². The van der Waals surface area contributed by atoms with Gasteiger partial charge in [-0.2, -0.15) is 5.10 Å². The summed E-state index contributed by atoms with van der Waals surface area (Å²) in [5.41, 5.74) is 3.78. The normalized spacial score (nSPS) is 13.5. The molecule has 3 rings (SSSR count). The summed E-state index contributed by atoms with van der Waals surface area (Å²) in [5, 5.41) is 6.52. The van der Waals surface area contributed by atoms with Crippen LogP contribution in [-0.4, -0.2) is 16.2 Å². The number of pyridine rings is 1. The van der Waals surface area contributed by atoms with Crippen molar-refractivity contribution in [3.05, 3.63) is 65.5 Å². The van der Waals surface area contributed by atoms with Crippen molar-refractivity contribution < 1.29 is 0 Å². The molecular weight excluding hydrogens is 210 g/mol. The number of hydrazone groups is 1. The maximum absolute atomic E-state index is 4.45. The maximum Gasteiger partial charge on any atom is 0.0621 e. The van der Waals surface area contributed by atoms with Crippen molar-refractivity contribution in [3.63, 3.8) is 0 Å². The van der Waals surface area contributed by atoms with Crippen LogP contribution in [-0.2, 0) is 13.1 Å². The van der Waals surface area contributed by atoms with Crippen molar-refractivity contribution in [1.29, 1.82) is 0 Å². The van der Waals surface area contributed by atoms with Crippen LogP contribution in [0, 0.1) is 0 Å². The first-order valence-corrected chi connectivity index (χ1v) is 5.67. The van der Waals surface area contributed by atoms with Crippen LogP contribution >= 0.6 is 0 Å². The highest BCUT2D eigenvalue weighted by molar-refractivity contribution is 5.82. The Morgan fingerprint density at radius 2 is 1.88 bits per heavy atom. The molecule has 0 radical (unpaired) electrons. The van der Waals surface area contributed by atoms with E-state index in [-0.39, 0.29) is 0 Å². The zero-order valence-corrected chi connectivity index (χ0v) is 9.45. The van der Waals surface area contributed by atoms with E-state index in [0.717, 1.165) is 13.1 Å². The van der Waals surface area contributed by atoms with Gasteiger partial charge >= 0.3 is 0 Å². The first-order chi connectivity index (χ1) is 8.42. The first kappa shape index (κ1) is 10.0. The Kier molecular flexibility index (Phi) is 2.58. The van der Waals surface area contributed by atoms with Crippen LogP contribution in [0.25, 0.3) is 0 Å². The molecule has 0 spiro atoms. The number of aromatic nitrogens is 1. The van der Waals surface area contributed by atoms with Gasteiger partial charge in [0.05, 0.1) is 19.3 Å². The van der Waals surface area contributed by atoms with Crippen LogP contribution in [0.3, 0.4) is 0 Å². The summed E-state index contributed by atoms with van der Waals surface area (Å²) < 4.78 is 0. The Morgan fingerprint density at radius 3 is 2.76 bits per heavy atom. The van der Waals surface area contributed by atoms with Crippen LogP contribution < -0.4 is 0 Å². The summed E-state index contributed by atoms with van der Waals surface area (Å²) in [6.45, 7) is 1.70. The minimum atomic E-state index is 0.827. The molecule has 3 heteroatoms. The average Bonchev–Trinajstić information content (AvgIpc) is 2.40. The molecule has 0 unspecified atom stereocenters. The van der Waals surface area contributed by atoms with E-state index >= 15 is 0 Å². The largest absolute Gasteiger partial charge is 0.288 e. The smallest absolute Gasteiger partial charge is 0.0621 e. The van der Waals surface area contributed by atoms with E-state index in [4.69, 9.17) is 0 Å². The summed E-state index contributed by atoms with van der Waals surface area (Å²) >= 11 is 0. The monoisotopic (exact) mass is 223 g/mol. The third-order valence-corrected chi connectivity index (χ3v) is 2.88. The lowest BCUT2D eigenvalue weighted by Crippen LogP contribution is -2.21. The van der Waals surface area contributed by atoms with Gasteiger partial charge in [-0.15, -0.1) is 0 Å². The third kappa shape index (κ3) is 2.18. The quantitative estimate of drug-likeness (QED) is 0.782. The second-order valence-electron chi connectivity index (χ2n) is 4.12. The van der Waals surface area contributed by atoms with Crippen molar-refractivity contribution in [2.45, 2.75) is 13.1 Å². The van der Waals surface area contributed by atoms with Crippen molar-refractivity contribution in [2.75, 3.05) is 0 Å². The molecule has 1 aliphatic rings. The van der Waals surface area contributed by atoms with Crippen LogP contribution in [0.1, 0.15) is 16.7 Å². The van der Waals surface area contributed by atoms with Gasteiger partial charge < -0.3 is 0 Å². The molecule has 0 aliphatic carbocycles. The molecule has 1 aromatic carbocycles. The molecule has 0 N–H and O–H groups in total. The Hall–Kier alpha value is -2.16. The minimum absolute atomic E-state index is 0.827. The number of nitrogens with zero attached hydrogens (tertiary/aromatic N) is 3. The van der Waals surface area contributed by atoms with Crippen molar-refractivity contribution in [1.82, 2.24) is 9.99 Å². The molecule has 0 amide bonds. The highest BCUT2D eigenvalue weighted by Gasteiger charge is 2.10. The van der Waals surface area contributed by atoms with E-state index in [2.05, 4.69) is 33.3 Å². The Balaban J connectivity index is 1.77. The van der Waals surface area contributed by atoms with E-state index in [1.165, 1.54) is 16.7 Å². The van der Waals surface area contributed by atoms with Gasteiger partial charge in [-0.25, -0.2) is 0 Å². The van der Waals surface area contributed by atoms with Gasteiger partial charge in [0.1, 0.15) is 0 Å². The van der Waals surface area contributed by atoms with E-state index in [0.29, 0.717) is 0 Å². The number of hydrogen-bond donors (Lipinski definition) is 0. The fraction of sp³-hybridized carbons (Fsp3) is 0.143. The number of hydrogen-bond acceptors (Lipinski definition) is 3. The molecule has 84 valence electrons. The molecule has 0 fully saturated rings. The molecule has 3 nitrogen and oxygen atoms in total. The second kappa shape index (κ2) is 4.37. The summed E-state index contributed by atoms with van der Waals surface area (Å²) in [7, 11) is 0. The summed E-state index contributed by atoms with van der Waals surface area (Å²) in [6.07, 6.45) is 5.56. The fourth-order valence-corrected chi connectivity index (χ4v) is 1.98. The predicted octanol–water partition coefficient (Wildman–Crippen LogP) is 2.43. The van der Waals surface area contributed by atoms with Crippen molar-refractivity contribution in [2.24, 2.45) is 5.10 Å². The van der Waals surface area contributed by atoms with Gasteiger partial charge in [-0.05, 0) is 28.8 Å². The van der Waals surface area contributed by atoms with Crippen LogP contribution in [0.5, 0.6) is 0 Å². The molecule has 2 aromatic rings. The zero-order chi connectivity index (χ0) is 11.5. The van der Waals surface area contributed by atoms with Crippen LogP contribution in [0.4, 0.5) is 0 Å². The lowest BCUT2D eigenvalue weighted by molar-refractivity contribution is 0.268. The number of rotatable bonds is 2. The molecule has 1 aliphatic heterocycles. The highest BCUT2D eigenvalue weighted by Crippen LogP contribution is 2.16. The molecule has 0 saturated heterocycles. The number of benzene rings is 1. The lowest BCUT2D eigenvalue weighted by Gasteiger charge is -2.23. The van der Waals surface area contributed by atoms with Gasteiger partial charge in [-0.3, -0.25) is 9.99 Å². The molecule has 17 heavy (non-hydrogen) atoms. The Bertz CT molecular complexity index is 534. The Labute approximate surface area is 100 Å². The van der Waals surface area contributed by atoms with E-state index in [1.54, 1.807) is 0 Å². The molecule has 0 saturated carbocycles. The van der Waals surface area contributed by atoms with Crippen LogP contribution in [0.15, 0.2) is 53.9 Å². The van der Waals surface area contributed by atoms with E-state index in [9.17, 15) is 0 Å². The fourth-order valence-electron chi connectivity index (χ4n) is 1.98. The summed E-state index contributed by atoms with van der Waals surface area (Å²) in [5.74, 6) is 0.